The summed E-state index contributed by atoms with van der Waals surface area (Å²) in [5.41, 5.74) is 0.259. The SMILES string of the molecule is CC[C@@H](C)NC(=O)[C@@H](CC)N(Cc1ccc(Cl)cc1Cl)C(=O)CN(c1ccc(F)c(F)c1)S(C)(=O)=O. The van der Waals surface area contributed by atoms with Crippen molar-refractivity contribution >= 4 is 50.7 Å². The molecule has 7 nitrogen and oxygen atoms in total. The summed E-state index contributed by atoms with van der Waals surface area (Å²) in [6.07, 6.45) is 1.73. The smallest absolute Gasteiger partial charge is 0.244 e. The van der Waals surface area contributed by atoms with Crippen molar-refractivity contribution < 1.29 is 26.8 Å². The standard InChI is InChI=1S/C24H29Cl2F2N3O4S/c1-5-15(3)29-24(33)22(6-2)30(13-16-7-8-17(25)11-19(16)26)23(32)14-31(36(4,34)35)18-9-10-20(27)21(28)12-18/h7-12,15,22H,5-6,13-14H2,1-4H3,(H,29,33)/t15-,22-/m1/s1. The molecule has 12 heteroatoms. The number of halogens is 4. The van der Waals surface area contributed by atoms with Crippen molar-refractivity contribution in [1.29, 1.82) is 0 Å². The first-order valence-electron chi connectivity index (χ1n) is 11.2. The van der Waals surface area contributed by atoms with E-state index in [1.807, 2.05) is 13.8 Å². The van der Waals surface area contributed by atoms with Crippen LogP contribution in [0.25, 0.3) is 0 Å². The van der Waals surface area contributed by atoms with Crippen LogP contribution >= 0.6 is 23.2 Å². The molecule has 0 bridgehead atoms. The van der Waals surface area contributed by atoms with Crippen molar-refractivity contribution in [2.75, 3.05) is 17.1 Å². The second-order valence-corrected chi connectivity index (χ2v) is 11.1. The number of carbonyl (C=O) groups excluding carboxylic acids is 2. The number of hydrogen-bond donors (Lipinski definition) is 1. The Balaban J connectivity index is 2.50. The van der Waals surface area contributed by atoms with Crippen LogP contribution < -0.4 is 9.62 Å². The highest BCUT2D eigenvalue weighted by Crippen LogP contribution is 2.25. The van der Waals surface area contributed by atoms with Gasteiger partial charge in [0.15, 0.2) is 11.6 Å². The summed E-state index contributed by atoms with van der Waals surface area (Å²) in [5, 5.41) is 3.49. The summed E-state index contributed by atoms with van der Waals surface area (Å²) >= 11 is 12.3. The van der Waals surface area contributed by atoms with E-state index < -0.39 is 46.1 Å². The van der Waals surface area contributed by atoms with Crippen LogP contribution in [-0.2, 0) is 26.2 Å². The van der Waals surface area contributed by atoms with Crippen molar-refractivity contribution in [3.63, 3.8) is 0 Å². The average Bonchev–Trinajstić information content (AvgIpc) is 2.79. The van der Waals surface area contributed by atoms with Crippen LogP contribution in [0.4, 0.5) is 14.5 Å². The Morgan fingerprint density at radius 3 is 2.22 bits per heavy atom. The first kappa shape index (κ1) is 29.8. The Kier molecular flexibility index (Phi) is 10.5. The Bertz CT molecular complexity index is 1210. The Morgan fingerprint density at radius 1 is 1.03 bits per heavy atom. The molecule has 2 rings (SSSR count). The van der Waals surface area contributed by atoms with Crippen molar-refractivity contribution in [3.8, 4) is 0 Å². The fourth-order valence-corrected chi connectivity index (χ4v) is 4.76. The van der Waals surface area contributed by atoms with Gasteiger partial charge in [-0.25, -0.2) is 17.2 Å². The van der Waals surface area contributed by atoms with Crippen molar-refractivity contribution in [2.24, 2.45) is 0 Å². The summed E-state index contributed by atoms with van der Waals surface area (Å²) in [6.45, 7) is 4.57. The fraction of sp³-hybridized carbons (Fsp3) is 0.417. The van der Waals surface area contributed by atoms with Crippen LogP contribution in [0, 0.1) is 11.6 Å². The zero-order valence-corrected chi connectivity index (χ0v) is 22.7. The summed E-state index contributed by atoms with van der Waals surface area (Å²) in [5.74, 6) is -3.57. The number of benzene rings is 2. The van der Waals surface area contributed by atoms with Crippen LogP contribution in [0.1, 0.15) is 39.2 Å². The molecule has 2 atom stereocenters. The Labute approximate surface area is 220 Å². The monoisotopic (exact) mass is 563 g/mol. The molecule has 198 valence electrons. The van der Waals surface area contributed by atoms with E-state index in [1.165, 1.54) is 11.0 Å². The third-order valence-electron chi connectivity index (χ3n) is 5.61. The lowest BCUT2D eigenvalue weighted by Crippen LogP contribution is -2.53. The highest BCUT2D eigenvalue weighted by Gasteiger charge is 2.32. The van der Waals surface area contributed by atoms with Gasteiger partial charge in [0.05, 0.1) is 11.9 Å². The molecule has 2 amide bonds. The number of carbonyl (C=O) groups is 2. The van der Waals surface area contributed by atoms with Crippen LogP contribution in [0.15, 0.2) is 36.4 Å². The van der Waals surface area contributed by atoms with E-state index in [0.717, 1.165) is 18.4 Å². The number of sulfonamides is 1. The molecule has 0 aromatic heterocycles. The van der Waals surface area contributed by atoms with Crippen molar-refractivity contribution in [1.82, 2.24) is 10.2 Å². The zero-order chi connectivity index (χ0) is 27.2. The molecular formula is C24H29Cl2F2N3O4S. The van der Waals surface area contributed by atoms with Gasteiger partial charge < -0.3 is 10.2 Å². The van der Waals surface area contributed by atoms with E-state index >= 15 is 0 Å². The average molecular weight is 564 g/mol. The van der Waals surface area contributed by atoms with Gasteiger partial charge in [-0.1, -0.05) is 43.1 Å². The lowest BCUT2D eigenvalue weighted by molar-refractivity contribution is -0.140. The number of nitrogens with zero attached hydrogens (tertiary/aromatic N) is 2. The Morgan fingerprint density at radius 2 is 1.69 bits per heavy atom. The van der Waals surface area contributed by atoms with Crippen LogP contribution in [0.2, 0.25) is 10.0 Å². The lowest BCUT2D eigenvalue weighted by atomic mass is 10.1. The second-order valence-electron chi connectivity index (χ2n) is 8.37. The van der Waals surface area contributed by atoms with Crippen LogP contribution in [0.3, 0.4) is 0 Å². The summed E-state index contributed by atoms with van der Waals surface area (Å²) in [4.78, 5) is 27.9. The highest BCUT2D eigenvalue weighted by molar-refractivity contribution is 7.92. The minimum absolute atomic E-state index is 0.114. The number of anilines is 1. The summed E-state index contributed by atoms with van der Waals surface area (Å²) < 4.78 is 53.0. The van der Waals surface area contributed by atoms with Gasteiger partial charge in [-0.3, -0.25) is 13.9 Å². The van der Waals surface area contributed by atoms with E-state index in [4.69, 9.17) is 23.2 Å². The van der Waals surface area contributed by atoms with Crippen molar-refractivity contribution in [3.05, 3.63) is 63.6 Å². The first-order valence-corrected chi connectivity index (χ1v) is 13.8. The molecule has 0 saturated carbocycles. The predicted octanol–water partition coefficient (Wildman–Crippen LogP) is 4.76. The molecule has 0 spiro atoms. The van der Waals surface area contributed by atoms with Gasteiger partial charge in [-0.05, 0) is 49.6 Å². The minimum atomic E-state index is -4.09. The van der Waals surface area contributed by atoms with E-state index in [-0.39, 0.29) is 29.7 Å². The van der Waals surface area contributed by atoms with E-state index in [1.54, 1.807) is 19.1 Å². The molecule has 0 saturated heterocycles. The number of rotatable bonds is 11. The molecule has 0 heterocycles. The molecular weight excluding hydrogens is 535 g/mol. The maximum Gasteiger partial charge on any atom is 0.244 e. The third kappa shape index (κ3) is 7.78. The normalized spacial score (nSPS) is 13.1. The van der Waals surface area contributed by atoms with Gasteiger partial charge in [-0.15, -0.1) is 0 Å². The molecule has 2 aromatic carbocycles. The first-order chi connectivity index (χ1) is 16.8. The molecule has 0 aliphatic rings. The number of hydrogen-bond acceptors (Lipinski definition) is 4. The van der Waals surface area contributed by atoms with E-state index in [9.17, 15) is 26.8 Å². The molecule has 1 N–H and O–H groups in total. The molecule has 0 unspecified atom stereocenters. The quantitative estimate of drug-likeness (QED) is 0.427. The van der Waals surface area contributed by atoms with Gasteiger partial charge in [0, 0.05) is 28.7 Å². The minimum Gasteiger partial charge on any atom is -0.352 e. The van der Waals surface area contributed by atoms with Crippen molar-refractivity contribution in [2.45, 2.75) is 52.2 Å². The predicted molar refractivity (Wildman–Crippen MR) is 138 cm³/mol. The van der Waals surface area contributed by atoms with Crippen LogP contribution in [0.5, 0.6) is 0 Å². The summed E-state index contributed by atoms with van der Waals surface area (Å²) in [7, 11) is -4.09. The van der Waals surface area contributed by atoms with Gasteiger partial charge in [0.1, 0.15) is 12.6 Å². The second kappa shape index (κ2) is 12.7. The fourth-order valence-electron chi connectivity index (χ4n) is 3.45. The van der Waals surface area contributed by atoms with Gasteiger partial charge >= 0.3 is 0 Å². The van der Waals surface area contributed by atoms with E-state index in [2.05, 4.69) is 5.32 Å². The highest BCUT2D eigenvalue weighted by atomic mass is 35.5. The van der Waals surface area contributed by atoms with Crippen LogP contribution in [-0.4, -0.2) is 50.0 Å². The lowest BCUT2D eigenvalue weighted by Gasteiger charge is -2.33. The molecule has 0 fully saturated rings. The number of amides is 2. The maximum absolute atomic E-state index is 13.9. The zero-order valence-electron chi connectivity index (χ0n) is 20.4. The summed E-state index contributed by atoms with van der Waals surface area (Å²) in [6, 6.07) is 6.08. The van der Waals surface area contributed by atoms with E-state index in [0.29, 0.717) is 27.4 Å². The van der Waals surface area contributed by atoms with Gasteiger partial charge in [-0.2, -0.15) is 0 Å². The maximum atomic E-state index is 13.9. The van der Waals surface area contributed by atoms with Gasteiger partial charge in [0.25, 0.3) is 0 Å². The van der Waals surface area contributed by atoms with Gasteiger partial charge in [0.2, 0.25) is 21.8 Å². The molecule has 2 aromatic rings. The third-order valence-corrected chi connectivity index (χ3v) is 7.34. The number of nitrogens with one attached hydrogen (secondary N) is 1. The molecule has 0 aliphatic carbocycles. The molecule has 0 radical (unpaired) electrons. The topological polar surface area (TPSA) is 86.8 Å². The molecule has 36 heavy (non-hydrogen) atoms. The largest absolute Gasteiger partial charge is 0.352 e. The molecule has 0 aliphatic heterocycles. The Hall–Kier alpha value is -2.43.